The van der Waals surface area contributed by atoms with Crippen LogP contribution in [0.4, 0.5) is 0 Å². The lowest BCUT2D eigenvalue weighted by atomic mass is 10.00. The molecule has 4 nitrogen and oxygen atoms in total. The minimum absolute atomic E-state index is 0.0167. The molecule has 102 valence electrons. The predicted octanol–water partition coefficient (Wildman–Crippen LogP) is 2.12. The fourth-order valence-corrected chi connectivity index (χ4v) is 2.62. The molecule has 2 amide bonds. The standard InChI is InChI=1S/C14H16BrNO3/c1-8-9(2)14(19)16(13(8)18)7-12(17)10-4-3-5-11(15)6-10/h3-6,8-9,12,17H,7H2,1-2H3. The molecular formula is C14H16BrNO3. The fraction of sp³-hybridized carbons (Fsp3) is 0.429. The number of imide groups is 1. The van der Waals surface area contributed by atoms with Crippen LogP contribution in [0.25, 0.3) is 0 Å². The van der Waals surface area contributed by atoms with E-state index in [1.165, 1.54) is 4.90 Å². The normalized spacial score (nSPS) is 24.9. The third-order valence-electron chi connectivity index (χ3n) is 3.65. The molecule has 1 N–H and O–H groups in total. The highest BCUT2D eigenvalue weighted by molar-refractivity contribution is 9.10. The van der Waals surface area contributed by atoms with Crippen LogP contribution in [0.1, 0.15) is 25.5 Å². The van der Waals surface area contributed by atoms with Crippen molar-refractivity contribution in [2.24, 2.45) is 11.8 Å². The Labute approximate surface area is 120 Å². The molecule has 2 rings (SSSR count). The van der Waals surface area contributed by atoms with E-state index in [0.717, 1.165) is 4.47 Å². The monoisotopic (exact) mass is 325 g/mol. The van der Waals surface area contributed by atoms with Crippen LogP contribution in [-0.4, -0.2) is 28.4 Å². The van der Waals surface area contributed by atoms with Crippen LogP contribution >= 0.6 is 15.9 Å². The number of benzene rings is 1. The highest BCUT2D eigenvalue weighted by atomic mass is 79.9. The number of hydrogen-bond acceptors (Lipinski definition) is 3. The molecule has 0 saturated carbocycles. The van der Waals surface area contributed by atoms with Gasteiger partial charge < -0.3 is 5.11 Å². The molecule has 1 heterocycles. The van der Waals surface area contributed by atoms with E-state index >= 15 is 0 Å². The number of aliphatic hydroxyl groups excluding tert-OH is 1. The summed E-state index contributed by atoms with van der Waals surface area (Å²) in [6.07, 6.45) is -0.858. The lowest BCUT2D eigenvalue weighted by Crippen LogP contribution is -2.34. The maximum atomic E-state index is 11.9. The van der Waals surface area contributed by atoms with Crippen molar-refractivity contribution in [3.8, 4) is 0 Å². The number of likely N-dealkylation sites (tertiary alicyclic amines) is 1. The SMILES string of the molecule is CC1C(=O)N(CC(O)c2cccc(Br)c2)C(=O)C1C. The number of nitrogens with zero attached hydrogens (tertiary/aromatic N) is 1. The van der Waals surface area contributed by atoms with Crippen LogP contribution in [0.15, 0.2) is 28.7 Å². The summed E-state index contributed by atoms with van der Waals surface area (Å²) in [4.78, 5) is 25.1. The van der Waals surface area contributed by atoms with Crippen molar-refractivity contribution < 1.29 is 14.7 Å². The molecule has 1 aliphatic heterocycles. The molecule has 0 spiro atoms. The van der Waals surface area contributed by atoms with Crippen LogP contribution in [0, 0.1) is 11.8 Å². The Balaban J connectivity index is 2.13. The second-order valence-electron chi connectivity index (χ2n) is 4.94. The Hall–Kier alpha value is -1.20. The van der Waals surface area contributed by atoms with E-state index in [4.69, 9.17) is 0 Å². The number of amides is 2. The molecule has 3 atom stereocenters. The van der Waals surface area contributed by atoms with Gasteiger partial charge in [0.1, 0.15) is 0 Å². The first-order valence-corrected chi connectivity index (χ1v) is 7.00. The molecule has 1 aromatic rings. The number of halogens is 1. The van der Waals surface area contributed by atoms with E-state index in [2.05, 4.69) is 15.9 Å². The lowest BCUT2D eigenvalue weighted by Gasteiger charge is -2.19. The molecule has 1 aliphatic rings. The van der Waals surface area contributed by atoms with Gasteiger partial charge in [-0.3, -0.25) is 14.5 Å². The Morgan fingerprint density at radius 3 is 2.37 bits per heavy atom. The first kappa shape index (κ1) is 14.2. The minimum Gasteiger partial charge on any atom is -0.387 e. The van der Waals surface area contributed by atoms with Crippen molar-refractivity contribution in [3.05, 3.63) is 34.3 Å². The summed E-state index contributed by atoms with van der Waals surface area (Å²) in [5.74, 6) is -1.01. The molecule has 1 saturated heterocycles. The van der Waals surface area contributed by atoms with Crippen molar-refractivity contribution in [1.82, 2.24) is 4.90 Å². The Morgan fingerprint density at radius 1 is 1.26 bits per heavy atom. The van der Waals surface area contributed by atoms with Gasteiger partial charge in [-0.05, 0) is 17.7 Å². The highest BCUT2D eigenvalue weighted by Gasteiger charge is 2.42. The minimum atomic E-state index is -0.858. The van der Waals surface area contributed by atoms with Crippen molar-refractivity contribution in [2.75, 3.05) is 6.54 Å². The third-order valence-corrected chi connectivity index (χ3v) is 4.14. The summed E-state index contributed by atoms with van der Waals surface area (Å²) < 4.78 is 0.852. The van der Waals surface area contributed by atoms with E-state index < -0.39 is 6.10 Å². The molecule has 0 bridgehead atoms. The average Bonchev–Trinajstić information content (AvgIpc) is 2.56. The number of carbonyl (C=O) groups excluding carboxylic acids is 2. The fourth-order valence-electron chi connectivity index (χ4n) is 2.20. The topological polar surface area (TPSA) is 57.6 Å². The van der Waals surface area contributed by atoms with E-state index in [9.17, 15) is 14.7 Å². The molecule has 1 aromatic carbocycles. The first-order chi connectivity index (χ1) is 8.91. The van der Waals surface area contributed by atoms with Gasteiger partial charge in [-0.15, -0.1) is 0 Å². The van der Waals surface area contributed by atoms with Crippen LogP contribution in [-0.2, 0) is 9.59 Å². The summed E-state index contributed by atoms with van der Waals surface area (Å²) in [5.41, 5.74) is 0.683. The quantitative estimate of drug-likeness (QED) is 0.866. The maximum absolute atomic E-state index is 11.9. The van der Waals surface area contributed by atoms with E-state index in [1.807, 2.05) is 12.1 Å². The summed E-state index contributed by atoms with van der Waals surface area (Å²) in [6, 6.07) is 7.21. The number of β-amino-alcohol motifs (C(OH)–C–C–N with tert-alkyl or cyclic N) is 1. The van der Waals surface area contributed by atoms with Crippen LogP contribution in [0.3, 0.4) is 0 Å². The highest BCUT2D eigenvalue weighted by Crippen LogP contribution is 2.28. The zero-order chi connectivity index (χ0) is 14.2. The molecule has 3 unspecified atom stereocenters. The number of aliphatic hydroxyl groups is 1. The second-order valence-corrected chi connectivity index (χ2v) is 5.85. The summed E-state index contributed by atoms with van der Waals surface area (Å²) >= 11 is 3.33. The largest absolute Gasteiger partial charge is 0.387 e. The van der Waals surface area contributed by atoms with Gasteiger partial charge >= 0.3 is 0 Å². The first-order valence-electron chi connectivity index (χ1n) is 6.20. The third kappa shape index (κ3) is 2.72. The number of carbonyl (C=O) groups is 2. The van der Waals surface area contributed by atoms with Crippen LogP contribution in [0.2, 0.25) is 0 Å². The molecule has 5 heteroatoms. The molecule has 0 radical (unpaired) electrons. The van der Waals surface area contributed by atoms with Crippen LogP contribution in [0.5, 0.6) is 0 Å². The Kier molecular flexibility index (Phi) is 4.06. The summed E-state index contributed by atoms with van der Waals surface area (Å²) in [5, 5.41) is 10.1. The van der Waals surface area contributed by atoms with Crippen molar-refractivity contribution in [3.63, 3.8) is 0 Å². The van der Waals surface area contributed by atoms with Gasteiger partial charge in [-0.2, -0.15) is 0 Å². The zero-order valence-corrected chi connectivity index (χ0v) is 12.4. The molecular weight excluding hydrogens is 310 g/mol. The van der Waals surface area contributed by atoms with E-state index in [-0.39, 0.29) is 30.2 Å². The predicted molar refractivity (Wildman–Crippen MR) is 74.1 cm³/mol. The molecule has 0 aliphatic carbocycles. The van der Waals surface area contributed by atoms with E-state index in [0.29, 0.717) is 5.56 Å². The van der Waals surface area contributed by atoms with Crippen molar-refractivity contribution in [2.45, 2.75) is 20.0 Å². The van der Waals surface area contributed by atoms with Gasteiger partial charge in [0, 0.05) is 16.3 Å². The molecule has 1 fully saturated rings. The van der Waals surface area contributed by atoms with Gasteiger partial charge in [-0.1, -0.05) is 41.9 Å². The van der Waals surface area contributed by atoms with Gasteiger partial charge in [0.25, 0.3) is 0 Å². The smallest absolute Gasteiger partial charge is 0.232 e. The number of hydrogen-bond donors (Lipinski definition) is 1. The average molecular weight is 326 g/mol. The van der Waals surface area contributed by atoms with Crippen molar-refractivity contribution in [1.29, 1.82) is 0 Å². The van der Waals surface area contributed by atoms with Crippen LogP contribution < -0.4 is 0 Å². The van der Waals surface area contributed by atoms with Gasteiger partial charge in [0.15, 0.2) is 0 Å². The van der Waals surface area contributed by atoms with Crippen molar-refractivity contribution >= 4 is 27.7 Å². The summed E-state index contributed by atoms with van der Waals surface area (Å²) in [7, 11) is 0. The van der Waals surface area contributed by atoms with Gasteiger partial charge in [0.2, 0.25) is 11.8 Å². The Bertz CT molecular complexity index is 497. The van der Waals surface area contributed by atoms with Gasteiger partial charge in [0.05, 0.1) is 12.6 Å². The second kappa shape index (κ2) is 5.43. The molecule has 0 aromatic heterocycles. The Morgan fingerprint density at radius 2 is 1.84 bits per heavy atom. The maximum Gasteiger partial charge on any atom is 0.232 e. The number of rotatable bonds is 3. The van der Waals surface area contributed by atoms with E-state index in [1.54, 1.807) is 26.0 Å². The summed E-state index contributed by atoms with van der Waals surface area (Å²) in [6.45, 7) is 3.51. The lowest BCUT2D eigenvalue weighted by molar-refractivity contribution is -0.141. The van der Waals surface area contributed by atoms with Gasteiger partial charge in [-0.25, -0.2) is 0 Å². The molecule has 19 heavy (non-hydrogen) atoms. The zero-order valence-electron chi connectivity index (χ0n) is 10.8.